The Hall–Kier alpha value is -1.65. The van der Waals surface area contributed by atoms with Crippen LogP contribution < -0.4 is 10.1 Å². The molecule has 0 bridgehead atoms. The molecule has 0 atom stereocenters. The van der Waals surface area contributed by atoms with E-state index in [1.165, 1.54) is 0 Å². The average Bonchev–Trinajstić information content (AvgIpc) is 2.43. The van der Waals surface area contributed by atoms with Crippen molar-refractivity contribution in [3.8, 4) is 5.75 Å². The highest BCUT2D eigenvalue weighted by molar-refractivity contribution is 5.85. The lowest BCUT2D eigenvalue weighted by molar-refractivity contribution is 0.284. The van der Waals surface area contributed by atoms with Crippen molar-refractivity contribution in [2.45, 2.75) is 13.0 Å². The van der Waals surface area contributed by atoms with Crippen LogP contribution in [0.15, 0.2) is 30.3 Å². The average molecular weight is 273 g/mol. The summed E-state index contributed by atoms with van der Waals surface area (Å²) in [7, 11) is 6.08. The third-order valence-corrected chi connectivity index (χ3v) is 3.10. The van der Waals surface area contributed by atoms with Crippen molar-refractivity contribution in [2.24, 2.45) is 0 Å². The number of rotatable bonds is 7. The Labute approximate surface area is 120 Å². The summed E-state index contributed by atoms with van der Waals surface area (Å²) in [6, 6.07) is 10.2. The van der Waals surface area contributed by atoms with Gasteiger partial charge in [-0.2, -0.15) is 0 Å². The van der Waals surface area contributed by atoms with Gasteiger partial charge in [0.05, 0.1) is 17.8 Å². The van der Waals surface area contributed by atoms with E-state index in [0.29, 0.717) is 0 Å². The smallest absolute Gasteiger partial charge is 0.130 e. The third-order valence-electron chi connectivity index (χ3n) is 3.10. The minimum Gasteiger partial charge on any atom is -0.493 e. The summed E-state index contributed by atoms with van der Waals surface area (Å²) in [6.45, 7) is 2.51. The Balaban J connectivity index is 2.16. The molecule has 0 amide bonds. The first kappa shape index (κ1) is 14.8. The highest BCUT2D eigenvalue weighted by Crippen LogP contribution is 2.25. The third kappa shape index (κ3) is 3.92. The Kier molecular flexibility index (Phi) is 5.32. The van der Waals surface area contributed by atoms with Crippen LogP contribution in [0.1, 0.15) is 12.1 Å². The van der Waals surface area contributed by atoms with Gasteiger partial charge >= 0.3 is 0 Å². The van der Waals surface area contributed by atoms with Gasteiger partial charge in [-0.3, -0.25) is 4.98 Å². The number of ether oxygens (including phenoxy) is 1. The van der Waals surface area contributed by atoms with Gasteiger partial charge in [-0.1, -0.05) is 12.1 Å². The first-order valence-corrected chi connectivity index (χ1v) is 7.01. The van der Waals surface area contributed by atoms with Crippen LogP contribution >= 0.6 is 0 Å². The van der Waals surface area contributed by atoms with Gasteiger partial charge in [-0.25, -0.2) is 0 Å². The number of aromatic nitrogens is 1. The normalized spacial score (nSPS) is 11.2. The maximum atomic E-state index is 5.96. The van der Waals surface area contributed by atoms with Crippen molar-refractivity contribution in [3.63, 3.8) is 0 Å². The summed E-state index contributed by atoms with van der Waals surface area (Å²) in [5.74, 6) is 0.930. The van der Waals surface area contributed by atoms with Crippen molar-refractivity contribution in [1.29, 1.82) is 0 Å². The molecule has 2 aromatic rings. The van der Waals surface area contributed by atoms with Crippen LogP contribution in [-0.4, -0.2) is 44.2 Å². The zero-order valence-electron chi connectivity index (χ0n) is 12.5. The molecule has 1 aromatic heterocycles. The van der Waals surface area contributed by atoms with E-state index in [2.05, 4.69) is 35.4 Å². The van der Waals surface area contributed by atoms with Crippen LogP contribution in [0.4, 0.5) is 0 Å². The molecule has 0 fully saturated rings. The molecule has 0 spiro atoms. The molecule has 0 saturated carbocycles. The number of pyridine rings is 1. The molecule has 4 nitrogen and oxygen atoms in total. The van der Waals surface area contributed by atoms with Crippen molar-refractivity contribution in [1.82, 2.24) is 15.2 Å². The van der Waals surface area contributed by atoms with Crippen LogP contribution in [0.3, 0.4) is 0 Å². The fraction of sp³-hybridized carbons (Fsp3) is 0.438. The van der Waals surface area contributed by atoms with Crippen molar-refractivity contribution in [3.05, 3.63) is 36.0 Å². The van der Waals surface area contributed by atoms with E-state index in [1.54, 1.807) is 0 Å². The van der Waals surface area contributed by atoms with Crippen LogP contribution in [0.25, 0.3) is 10.9 Å². The molecular formula is C16H23N3O. The monoisotopic (exact) mass is 273 g/mol. The largest absolute Gasteiger partial charge is 0.493 e. The quantitative estimate of drug-likeness (QED) is 0.785. The second-order valence-electron chi connectivity index (χ2n) is 5.16. The molecule has 0 aliphatic rings. The minimum absolute atomic E-state index is 0.727. The predicted molar refractivity (Wildman–Crippen MR) is 83.2 cm³/mol. The van der Waals surface area contributed by atoms with Crippen LogP contribution in [0.2, 0.25) is 0 Å². The fourth-order valence-corrected chi connectivity index (χ4v) is 2.15. The molecule has 1 N–H and O–H groups in total. The summed E-state index contributed by atoms with van der Waals surface area (Å²) in [4.78, 5) is 6.80. The zero-order chi connectivity index (χ0) is 14.4. The van der Waals surface area contributed by atoms with Gasteiger partial charge in [0.25, 0.3) is 0 Å². The van der Waals surface area contributed by atoms with E-state index in [9.17, 15) is 0 Å². The lowest BCUT2D eigenvalue weighted by Crippen LogP contribution is -2.15. The molecular weight excluding hydrogens is 250 g/mol. The molecule has 20 heavy (non-hydrogen) atoms. The van der Waals surface area contributed by atoms with E-state index < -0.39 is 0 Å². The van der Waals surface area contributed by atoms with Crippen LogP contribution in [0.5, 0.6) is 5.75 Å². The van der Waals surface area contributed by atoms with Crippen molar-refractivity contribution >= 4 is 10.9 Å². The highest BCUT2D eigenvalue weighted by Gasteiger charge is 2.06. The first-order chi connectivity index (χ1) is 9.70. The predicted octanol–water partition coefficient (Wildman–Crippen LogP) is 2.28. The lowest BCUT2D eigenvalue weighted by atomic mass is 10.2. The van der Waals surface area contributed by atoms with Gasteiger partial charge < -0.3 is 15.0 Å². The first-order valence-electron chi connectivity index (χ1n) is 7.01. The molecule has 4 heteroatoms. The zero-order valence-corrected chi connectivity index (χ0v) is 12.5. The summed E-state index contributed by atoms with van der Waals surface area (Å²) in [5.41, 5.74) is 2.00. The van der Waals surface area contributed by atoms with E-state index in [0.717, 1.165) is 48.5 Å². The molecule has 0 saturated heterocycles. The SMILES string of the molecule is CNCc1cc(OCCCN(C)C)c2ccccc2n1. The standard InChI is InChI=1S/C16H23N3O/c1-17-12-13-11-16(20-10-6-9-19(2)3)14-7-4-5-8-15(14)18-13/h4-5,7-8,11,17H,6,9-10,12H2,1-3H3. The van der Waals surface area contributed by atoms with Gasteiger partial charge in [0.2, 0.25) is 0 Å². The molecule has 0 aliphatic carbocycles. The van der Waals surface area contributed by atoms with Crippen LogP contribution in [0, 0.1) is 0 Å². The summed E-state index contributed by atoms with van der Waals surface area (Å²) in [6.07, 6.45) is 1.02. The van der Waals surface area contributed by atoms with Gasteiger partial charge in [-0.15, -0.1) is 0 Å². The number of nitrogens with zero attached hydrogens (tertiary/aromatic N) is 2. The molecule has 1 heterocycles. The van der Waals surface area contributed by atoms with Crippen LogP contribution in [-0.2, 0) is 6.54 Å². The Bertz CT molecular complexity index is 554. The van der Waals surface area contributed by atoms with Crippen molar-refractivity contribution in [2.75, 3.05) is 34.3 Å². The lowest BCUT2D eigenvalue weighted by Gasteiger charge is -2.13. The molecule has 0 unspecified atom stereocenters. The molecule has 0 radical (unpaired) electrons. The summed E-state index contributed by atoms with van der Waals surface area (Å²) >= 11 is 0. The Morgan fingerprint density at radius 3 is 2.80 bits per heavy atom. The highest BCUT2D eigenvalue weighted by atomic mass is 16.5. The Morgan fingerprint density at radius 1 is 1.25 bits per heavy atom. The van der Waals surface area contributed by atoms with E-state index in [4.69, 9.17) is 4.74 Å². The second kappa shape index (κ2) is 7.22. The van der Waals surface area contributed by atoms with E-state index >= 15 is 0 Å². The minimum atomic E-state index is 0.727. The fourth-order valence-electron chi connectivity index (χ4n) is 2.15. The number of fused-ring (bicyclic) bond motifs is 1. The maximum Gasteiger partial charge on any atom is 0.130 e. The van der Waals surface area contributed by atoms with Gasteiger partial charge in [0.1, 0.15) is 5.75 Å². The maximum absolute atomic E-state index is 5.96. The van der Waals surface area contributed by atoms with Gasteiger partial charge in [0, 0.05) is 24.5 Å². The Morgan fingerprint density at radius 2 is 2.05 bits per heavy atom. The summed E-state index contributed by atoms with van der Waals surface area (Å²) < 4.78 is 5.96. The van der Waals surface area contributed by atoms with E-state index in [1.807, 2.05) is 31.3 Å². The number of nitrogens with one attached hydrogen (secondary N) is 1. The van der Waals surface area contributed by atoms with Gasteiger partial charge in [0.15, 0.2) is 0 Å². The molecule has 1 aromatic carbocycles. The summed E-state index contributed by atoms with van der Waals surface area (Å²) in [5, 5.41) is 4.21. The molecule has 2 rings (SSSR count). The number of para-hydroxylation sites is 1. The number of benzene rings is 1. The second-order valence-corrected chi connectivity index (χ2v) is 5.16. The van der Waals surface area contributed by atoms with E-state index in [-0.39, 0.29) is 0 Å². The molecule has 0 aliphatic heterocycles. The van der Waals surface area contributed by atoms with Crippen molar-refractivity contribution < 1.29 is 4.74 Å². The number of hydrogen-bond donors (Lipinski definition) is 1. The topological polar surface area (TPSA) is 37.4 Å². The van der Waals surface area contributed by atoms with Gasteiger partial charge in [-0.05, 0) is 39.7 Å². The number of hydrogen-bond acceptors (Lipinski definition) is 4. The molecule has 108 valence electrons.